The molecule has 0 unspecified atom stereocenters. The van der Waals surface area contributed by atoms with Crippen LogP contribution in [-0.2, 0) is 10.2 Å². The maximum atomic E-state index is 5.88. The van der Waals surface area contributed by atoms with Crippen LogP contribution in [0.4, 0.5) is 0 Å². The number of rotatable bonds is 4. The highest BCUT2D eigenvalue weighted by Gasteiger charge is 2.38. The third kappa shape index (κ3) is 3.12. The van der Waals surface area contributed by atoms with Crippen LogP contribution in [0, 0.1) is 6.92 Å². The van der Waals surface area contributed by atoms with Gasteiger partial charge >= 0.3 is 0 Å². The Morgan fingerprint density at radius 1 is 1.17 bits per heavy atom. The zero-order valence-electron chi connectivity index (χ0n) is 12.0. The zero-order valence-corrected chi connectivity index (χ0v) is 12.0. The van der Waals surface area contributed by atoms with E-state index in [-0.39, 0.29) is 5.60 Å². The highest BCUT2D eigenvalue weighted by Crippen LogP contribution is 2.32. The van der Waals surface area contributed by atoms with E-state index in [9.17, 15) is 0 Å². The van der Waals surface area contributed by atoms with Crippen LogP contribution in [0.3, 0.4) is 0 Å². The van der Waals surface area contributed by atoms with Gasteiger partial charge in [-0.15, -0.1) is 0 Å². The molecule has 1 aliphatic heterocycles. The van der Waals surface area contributed by atoms with Gasteiger partial charge in [-0.3, -0.25) is 0 Å². The summed E-state index contributed by atoms with van der Waals surface area (Å²) in [7, 11) is 0. The molecule has 2 heteroatoms. The quantitative estimate of drug-likeness (QED) is 0.883. The average Bonchev–Trinajstić information content (AvgIpc) is 2.22. The van der Waals surface area contributed by atoms with Gasteiger partial charge in [0.15, 0.2) is 0 Å². The van der Waals surface area contributed by atoms with Gasteiger partial charge < -0.3 is 10.1 Å². The first-order valence-electron chi connectivity index (χ1n) is 6.83. The van der Waals surface area contributed by atoms with E-state index < -0.39 is 0 Å². The third-order valence-electron chi connectivity index (χ3n) is 3.71. The van der Waals surface area contributed by atoms with Crippen LogP contribution in [0.1, 0.15) is 38.3 Å². The maximum absolute atomic E-state index is 5.88. The number of hydrogen-bond donors (Lipinski definition) is 1. The monoisotopic (exact) mass is 247 g/mol. The minimum Gasteiger partial charge on any atom is -0.376 e. The van der Waals surface area contributed by atoms with E-state index in [1.54, 1.807) is 0 Å². The Morgan fingerprint density at radius 2 is 1.78 bits per heavy atom. The van der Waals surface area contributed by atoms with Crippen LogP contribution in [0.2, 0.25) is 0 Å². The molecule has 18 heavy (non-hydrogen) atoms. The first-order chi connectivity index (χ1) is 8.41. The van der Waals surface area contributed by atoms with Crippen LogP contribution >= 0.6 is 0 Å². The van der Waals surface area contributed by atoms with E-state index in [1.807, 2.05) is 0 Å². The van der Waals surface area contributed by atoms with Gasteiger partial charge in [-0.1, -0.05) is 29.8 Å². The predicted molar refractivity (Wildman–Crippen MR) is 76.0 cm³/mol. The molecule has 1 aromatic carbocycles. The van der Waals surface area contributed by atoms with Crippen molar-refractivity contribution in [3.8, 4) is 0 Å². The second kappa shape index (κ2) is 5.02. The van der Waals surface area contributed by atoms with Crippen molar-refractivity contribution in [2.75, 3.05) is 19.7 Å². The zero-order chi connectivity index (χ0) is 13.2. The van der Waals surface area contributed by atoms with Crippen LogP contribution < -0.4 is 5.32 Å². The molecule has 0 saturated carbocycles. The van der Waals surface area contributed by atoms with Crippen molar-refractivity contribution in [3.63, 3.8) is 0 Å². The predicted octanol–water partition coefficient (Wildman–Crippen LogP) is 3.04. The first kappa shape index (κ1) is 13.6. The molecule has 1 fully saturated rings. The van der Waals surface area contributed by atoms with Crippen LogP contribution in [0.25, 0.3) is 0 Å². The van der Waals surface area contributed by atoms with Gasteiger partial charge in [-0.25, -0.2) is 0 Å². The van der Waals surface area contributed by atoms with Crippen LogP contribution in [-0.4, -0.2) is 25.3 Å². The Bertz CT molecular complexity index is 385. The lowest BCUT2D eigenvalue weighted by Gasteiger charge is -2.44. The molecule has 0 aliphatic carbocycles. The summed E-state index contributed by atoms with van der Waals surface area (Å²) in [6.45, 7) is 11.5. The summed E-state index contributed by atoms with van der Waals surface area (Å²) in [4.78, 5) is 0. The summed E-state index contributed by atoms with van der Waals surface area (Å²) in [5.41, 5.74) is 3.03. The van der Waals surface area contributed by atoms with Crippen molar-refractivity contribution in [3.05, 3.63) is 35.4 Å². The van der Waals surface area contributed by atoms with E-state index in [1.165, 1.54) is 11.1 Å². The minimum absolute atomic E-state index is 0.0361. The lowest BCUT2D eigenvalue weighted by Crippen LogP contribution is -2.57. The fourth-order valence-electron chi connectivity index (χ4n) is 2.41. The summed E-state index contributed by atoms with van der Waals surface area (Å²) in [6.07, 6.45) is 1.10. The Morgan fingerprint density at radius 3 is 2.22 bits per heavy atom. The number of aryl methyl sites for hydroxylation is 1. The van der Waals surface area contributed by atoms with Crippen molar-refractivity contribution in [1.82, 2.24) is 5.32 Å². The standard InChI is InChI=1S/C16H25NO/c1-13-5-7-14(8-6-13)16(11-17-12-16)9-10-18-15(2,3)4/h5-8,17H,9-12H2,1-4H3. The number of nitrogens with one attached hydrogen (secondary N) is 1. The fourth-order valence-corrected chi connectivity index (χ4v) is 2.41. The lowest BCUT2D eigenvalue weighted by molar-refractivity contribution is -0.0156. The second-order valence-electron chi connectivity index (χ2n) is 6.46. The first-order valence-corrected chi connectivity index (χ1v) is 6.83. The highest BCUT2D eigenvalue weighted by molar-refractivity contribution is 5.32. The Kier molecular flexibility index (Phi) is 3.79. The molecular formula is C16H25NO. The summed E-state index contributed by atoms with van der Waals surface area (Å²) in [5, 5.41) is 3.41. The molecule has 0 bridgehead atoms. The van der Waals surface area contributed by atoms with Gasteiger partial charge in [0, 0.05) is 25.1 Å². The van der Waals surface area contributed by atoms with Crippen molar-refractivity contribution >= 4 is 0 Å². The Balaban J connectivity index is 2.00. The van der Waals surface area contributed by atoms with Gasteiger partial charge in [0.25, 0.3) is 0 Å². The van der Waals surface area contributed by atoms with E-state index >= 15 is 0 Å². The molecule has 100 valence electrons. The largest absolute Gasteiger partial charge is 0.376 e. The van der Waals surface area contributed by atoms with Crippen molar-refractivity contribution < 1.29 is 4.74 Å². The molecule has 1 heterocycles. The summed E-state index contributed by atoms with van der Waals surface area (Å²) in [5.74, 6) is 0. The molecule has 0 aromatic heterocycles. The molecule has 0 spiro atoms. The molecule has 1 N–H and O–H groups in total. The van der Waals surface area contributed by atoms with Crippen LogP contribution in [0.5, 0.6) is 0 Å². The van der Waals surface area contributed by atoms with E-state index in [0.717, 1.165) is 26.1 Å². The van der Waals surface area contributed by atoms with Gasteiger partial charge in [0.05, 0.1) is 5.60 Å². The second-order valence-corrected chi connectivity index (χ2v) is 6.46. The molecule has 0 radical (unpaired) electrons. The average molecular weight is 247 g/mol. The van der Waals surface area contributed by atoms with Crippen LogP contribution in [0.15, 0.2) is 24.3 Å². The van der Waals surface area contributed by atoms with E-state index in [2.05, 4.69) is 57.3 Å². The molecule has 1 aromatic rings. The molecule has 1 saturated heterocycles. The van der Waals surface area contributed by atoms with Gasteiger partial charge in [0.2, 0.25) is 0 Å². The Labute approximate surface area is 111 Å². The molecule has 2 nitrogen and oxygen atoms in total. The van der Waals surface area contributed by atoms with Gasteiger partial charge in [-0.05, 0) is 39.7 Å². The SMILES string of the molecule is Cc1ccc(C2(CCOC(C)(C)C)CNC2)cc1. The topological polar surface area (TPSA) is 21.3 Å². The van der Waals surface area contributed by atoms with Crippen molar-refractivity contribution in [1.29, 1.82) is 0 Å². The Hall–Kier alpha value is -0.860. The van der Waals surface area contributed by atoms with Crippen molar-refractivity contribution in [2.24, 2.45) is 0 Å². The molecule has 1 aliphatic rings. The summed E-state index contributed by atoms with van der Waals surface area (Å²) < 4.78 is 5.88. The maximum Gasteiger partial charge on any atom is 0.0598 e. The van der Waals surface area contributed by atoms with E-state index in [4.69, 9.17) is 4.74 Å². The minimum atomic E-state index is -0.0361. The van der Waals surface area contributed by atoms with Crippen molar-refractivity contribution in [2.45, 2.75) is 45.1 Å². The van der Waals surface area contributed by atoms with Gasteiger partial charge in [0.1, 0.15) is 0 Å². The third-order valence-corrected chi connectivity index (χ3v) is 3.71. The smallest absolute Gasteiger partial charge is 0.0598 e. The van der Waals surface area contributed by atoms with Gasteiger partial charge in [-0.2, -0.15) is 0 Å². The summed E-state index contributed by atoms with van der Waals surface area (Å²) in [6, 6.07) is 8.96. The number of benzene rings is 1. The summed E-state index contributed by atoms with van der Waals surface area (Å²) >= 11 is 0. The highest BCUT2D eigenvalue weighted by atomic mass is 16.5. The molecule has 2 rings (SSSR count). The normalized spacial score (nSPS) is 18.4. The molecule has 0 amide bonds. The molecule has 0 atom stereocenters. The fraction of sp³-hybridized carbons (Fsp3) is 0.625. The molecular weight excluding hydrogens is 222 g/mol. The van der Waals surface area contributed by atoms with E-state index in [0.29, 0.717) is 5.41 Å². The number of hydrogen-bond acceptors (Lipinski definition) is 2. The lowest BCUT2D eigenvalue weighted by atomic mass is 9.73. The number of ether oxygens (including phenoxy) is 1.